The molecule has 0 spiro atoms. The van der Waals surface area contributed by atoms with Crippen LogP contribution in [0.1, 0.15) is 49.5 Å². The van der Waals surface area contributed by atoms with Gasteiger partial charge in [-0.1, -0.05) is 11.6 Å². The van der Waals surface area contributed by atoms with Crippen LogP contribution in [0.5, 0.6) is 0 Å². The summed E-state index contributed by atoms with van der Waals surface area (Å²) in [7, 11) is 0. The largest absolute Gasteiger partial charge is 0.387 e. The number of hydrogen-bond acceptors (Lipinski definition) is 7. The number of pyridine rings is 1. The van der Waals surface area contributed by atoms with Gasteiger partial charge in [-0.05, 0) is 39.2 Å². The second-order valence-corrected chi connectivity index (χ2v) is 9.89. The van der Waals surface area contributed by atoms with Gasteiger partial charge in [-0.15, -0.1) is 0 Å². The third kappa shape index (κ3) is 4.89. The van der Waals surface area contributed by atoms with E-state index < -0.39 is 17.7 Å². The van der Waals surface area contributed by atoms with E-state index in [1.165, 1.54) is 32.7 Å². The molecule has 1 amide bonds. The second kappa shape index (κ2) is 9.47. The van der Waals surface area contributed by atoms with Crippen molar-refractivity contribution >= 4 is 34.5 Å². The Balaban J connectivity index is 1.47. The molecular weight excluding hydrogens is 487 g/mol. The summed E-state index contributed by atoms with van der Waals surface area (Å²) in [5, 5.41) is 24.9. The molecule has 36 heavy (non-hydrogen) atoms. The summed E-state index contributed by atoms with van der Waals surface area (Å²) in [5.41, 5.74) is 1.46. The first-order chi connectivity index (χ1) is 17.2. The number of halogens is 2. The van der Waals surface area contributed by atoms with Crippen molar-refractivity contribution in [3.05, 3.63) is 53.7 Å². The van der Waals surface area contributed by atoms with Gasteiger partial charge in [-0.2, -0.15) is 10.2 Å². The molecule has 1 fully saturated rings. The van der Waals surface area contributed by atoms with E-state index in [1.807, 2.05) is 10.9 Å². The predicted molar refractivity (Wildman–Crippen MR) is 133 cm³/mol. The first-order valence-electron chi connectivity index (χ1n) is 11.6. The van der Waals surface area contributed by atoms with Crippen LogP contribution >= 0.6 is 11.6 Å². The standard InChI is InChI=1S/C24H26ClFN8O2/c1-24(2,36)21(26)12-29-23(35)17-10-27-19(20-11-28-22-6-14(25)8-31-34(20)22)7-18(17)32-15-9-30-33(13-15)16-4-3-5-16/h6-11,13,16,21,36H,3-5,12H2,1-2H3,(H,27,32)(H,29,35)/t21-/m1/s1. The van der Waals surface area contributed by atoms with Gasteiger partial charge in [0.25, 0.3) is 5.91 Å². The number of carbonyl (C=O) groups is 1. The maximum absolute atomic E-state index is 14.2. The van der Waals surface area contributed by atoms with Crippen LogP contribution in [0, 0.1) is 0 Å². The Bertz CT molecular complexity index is 1410. The molecule has 4 heterocycles. The van der Waals surface area contributed by atoms with E-state index in [9.17, 15) is 14.3 Å². The van der Waals surface area contributed by atoms with Crippen LogP contribution in [0.25, 0.3) is 17.0 Å². The van der Waals surface area contributed by atoms with Crippen LogP contribution in [-0.4, -0.2) is 58.7 Å². The third-order valence-corrected chi connectivity index (χ3v) is 6.48. The van der Waals surface area contributed by atoms with Crippen LogP contribution in [0.15, 0.2) is 43.1 Å². The third-order valence-electron chi connectivity index (χ3n) is 6.28. The van der Waals surface area contributed by atoms with Crippen LogP contribution < -0.4 is 10.6 Å². The van der Waals surface area contributed by atoms with E-state index in [2.05, 4.69) is 30.8 Å². The van der Waals surface area contributed by atoms with E-state index in [0.29, 0.717) is 39.5 Å². The van der Waals surface area contributed by atoms with Crippen LogP contribution in [-0.2, 0) is 0 Å². The summed E-state index contributed by atoms with van der Waals surface area (Å²) in [6.45, 7) is 2.36. The fraction of sp³-hybridized carbons (Fsp3) is 0.375. The molecule has 1 aliphatic carbocycles. The molecule has 1 aliphatic rings. The first kappa shape index (κ1) is 24.1. The number of carbonyl (C=O) groups excluding carboxylic acids is 1. The number of aliphatic hydroxyl groups is 1. The van der Waals surface area contributed by atoms with Crippen LogP contribution in [0.4, 0.5) is 15.8 Å². The number of nitrogens with one attached hydrogen (secondary N) is 2. The molecule has 0 radical (unpaired) electrons. The minimum absolute atomic E-state index is 0.211. The molecular formula is C24H26ClFN8O2. The van der Waals surface area contributed by atoms with Crippen molar-refractivity contribution in [3.63, 3.8) is 0 Å². The Morgan fingerprint density at radius 2 is 2.03 bits per heavy atom. The smallest absolute Gasteiger partial charge is 0.255 e. The lowest BCUT2D eigenvalue weighted by atomic mass is 9.93. The van der Waals surface area contributed by atoms with Gasteiger partial charge in [0.1, 0.15) is 11.9 Å². The lowest BCUT2D eigenvalue weighted by Gasteiger charge is -2.25. The molecule has 4 aromatic heterocycles. The molecule has 3 N–H and O–H groups in total. The van der Waals surface area contributed by atoms with Gasteiger partial charge < -0.3 is 15.7 Å². The van der Waals surface area contributed by atoms with E-state index in [1.54, 1.807) is 29.0 Å². The highest BCUT2D eigenvalue weighted by atomic mass is 35.5. The zero-order valence-corrected chi connectivity index (χ0v) is 20.6. The maximum Gasteiger partial charge on any atom is 0.255 e. The Kier molecular flexibility index (Phi) is 6.35. The summed E-state index contributed by atoms with van der Waals surface area (Å²) in [6.07, 6.45) is 9.86. The van der Waals surface area contributed by atoms with Gasteiger partial charge in [-0.3, -0.25) is 14.5 Å². The second-order valence-electron chi connectivity index (χ2n) is 9.45. The molecule has 4 aromatic rings. The molecule has 12 heteroatoms. The molecule has 0 bridgehead atoms. The SMILES string of the molecule is CC(C)(O)[C@H](F)CNC(=O)c1cnc(-c2cnc3cc(Cl)cnn23)cc1Nc1cnn(C2CCC2)c1. The zero-order chi connectivity index (χ0) is 25.4. The number of amides is 1. The quantitative estimate of drug-likeness (QED) is 0.326. The average Bonchev–Trinajstić information content (AvgIpc) is 3.42. The summed E-state index contributed by atoms with van der Waals surface area (Å²) in [6, 6.07) is 3.78. The van der Waals surface area contributed by atoms with Gasteiger partial charge in [0.05, 0.1) is 64.4 Å². The highest BCUT2D eigenvalue weighted by molar-refractivity contribution is 6.30. The van der Waals surface area contributed by atoms with E-state index in [-0.39, 0.29) is 12.1 Å². The Labute approximate surface area is 211 Å². The summed E-state index contributed by atoms with van der Waals surface area (Å²) < 4.78 is 17.8. The van der Waals surface area contributed by atoms with Crippen LogP contribution in [0.3, 0.4) is 0 Å². The van der Waals surface area contributed by atoms with E-state index >= 15 is 0 Å². The molecule has 0 unspecified atom stereocenters. The maximum atomic E-state index is 14.2. The number of anilines is 2. The van der Waals surface area contributed by atoms with Crippen molar-refractivity contribution in [2.45, 2.75) is 50.9 Å². The molecule has 1 saturated carbocycles. The molecule has 0 aromatic carbocycles. The summed E-state index contributed by atoms with van der Waals surface area (Å²) in [5.74, 6) is -0.530. The van der Waals surface area contributed by atoms with Crippen molar-refractivity contribution < 1.29 is 14.3 Å². The van der Waals surface area contributed by atoms with Crippen LogP contribution in [0.2, 0.25) is 5.02 Å². The number of nitrogens with zero attached hydrogens (tertiary/aromatic N) is 6. The lowest BCUT2D eigenvalue weighted by molar-refractivity contribution is -0.00177. The zero-order valence-electron chi connectivity index (χ0n) is 19.8. The van der Waals surface area contributed by atoms with Crippen molar-refractivity contribution in [3.8, 4) is 11.4 Å². The lowest BCUT2D eigenvalue weighted by Crippen LogP contribution is -2.42. The van der Waals surface area contributed by atoms with E-state index in [0.717, 1.165) is 12.8 Å². The molecule has 1 atom stereocenters. The predicted octanol–water partition coefficient (Wildman–Crippen LogP) is 3.95. The van der Waals surface area contributed by atoms with Gasteiger partial charge in [0.15, 0.2) is 5.65 Å². The highest BCUT2D eigenvalue weighted by Crippen LogP contribution is 2.32. The number of imidazole rings is 1. The van der Waals surface area contributed by atoms with Gasteiger partial charge in [0, 0.05) is 18.5 Å². The van der Waals surface area contributed by atoms with E-state index in [4.69, 9.17) is 11.6 Å². The number of hydrogen-bond donors (Lipinski definition) is 3. The monoisotopic (exact) mass is 512 g/mol. The number of alkyl halides is 1. The van der Waals surface area contributed by atoms with Crippen molar-refractivity contribution in [2.24, 2.45) is 0 Å². The van der Waals surface area contributed by atoms with Gasteiger partial charge in [0.2, 0.25) is 0 Å². The Morgan fingerprint density at radius 1 is 1.22 bits per heavy atom. The number of rotatable bonds is 8. The average molecular weight is 513 g/mol. The van der Waals surface area contributed by atoms with Crippen molar-refractivity contribution in [2.75, 3.05) is 11.9 Å². The van der Waals surface area contributed by atoms with Gasteiger partial charge >= 0.3 is 0 Å². The molecule has 0 saturated heterocycles. The van der Waals surface area contributed by atoms with Crippen molar-refractivity contribution in [1.29, 1.82) is 0 Å². The van der Waals surface area contributed by atoms with Crippen molar-refractivity contribution in [1.82, 2.24) is 34.7 Å². The summed E-state index contributed by atoms with van der Waals surface area (Å²) in [4.78, 5) is 21.8. The number of fused-ring (bicyclic) bond motifs is 1. The first-order valence-corrected chi connectivity index (χ1v) is 12.0. The molecule has 188 valence electrons. The fourth-order valence-electron chi connectivity index (χ4n) is 3.84. The minimum atomic E-state index is -1.64. The molecule has 0 aliphatic heterocycles. The highest BCUT2D eigenvalue weighted by Gasteiger charge is 2.27. The molecule has 10 nitrogen and oxygen atoms in total. The fourth-order valence-corrected chi connectivity index (χ4v) is 3.99. The summed E-state index contributed by atoms with van der Waals surface area (Å²) >= 11 is 6.03. The Morgan fingerprint density at radius 3 is 2.75 bits per heavy atom. The molecule has 5 rings (SSSR count). The minimum Gasteiger partial charge on any atom is -0.387 e. The van der Waals surface area contributed by atoms with Gasteiger partial charge in [-0.25, -0.2) is 13.9 Å². The topological polar surface area (TPSA) is 122 Å². The normalized spacial score (nSPS) is 15.0. The Hall–Kier alpha value is -3.57. The number of aromatic nitrogens is 6.